The van der Waals surface area contributed by atoms with Crippen molar-refractivity contribution in [1.29, 1.82) is 0 Å². The van der Waals surface area contributed by atoms with Gasteiger partial charge in [-0.15, -0.1) is 5.48 Å². The van der Waals surface area contributed by atoms with Crippen LogP contribution in [-0.2, 0) is 4.84 Å². The van der Waals surface area contributed by atoms with Crippen LogP contribution in [0, 0.1) is 0 Å². The molecule has 1 N–H and O–H groups in total. The van der Waals surface area contributed by atoms with Gasteiger partial charge in [0.25, 0.3) is 0 Å². The van der Waals surface area contributed by atoms with E-state index in [0.717, 1.165) is 5.48 Å². The van der Waals surface area contributed by atoms with Crippen molar-refractivity contribution in [3.63, 3.8) is 0 Å². The lowest BCUT2D eigenvalue weighted by Crippen LogP contribution is -2.31. The summed E-state index contributed by atoms with van der Waals surface area (Å²) >= 11 is 0. The molecule has 0 rings (SSSR count). The highest BCUT2D eigenvalue weighted by Crippen LogP contribution is 2.08. The van der Waals surface area contributed by atoms with Crippen LogP contribution >= 0.6 is 0 Å². The Morgan fingerprint density at radius 2 is 2.00 bits per heavy atom. The van der Waals surface area contributed by atoms with Gasteiger partial charge >= 0.3 is 6.30 Å². The van der Waals surface area contributed by atoms with Crippen molar-refractivity contribution >= 4 is 0 Å². The van der Waals surface area contributed by atoms with Crippen LogP contribution in [0.4, 0.5) is 13.2 Å². The zero-order valence-electron chi connectivity index (χ0n) is 4.25. The molecule has 0 bridgehead atoms. The van der Waals surface area contributed by atoms with E-state index in [9.17, 15) is 13.2 Å². The summed E-state index contributed by atoms with van der Waals surface area (Å²) in [7, 11) is 0. The first-order chi connectivity index (χ1) is 3.56. The smallest absolute Gasteiger partial charge is 0.294 e. The van der Waals surface area contributed by atoms with Crippen molar-refractivity contribution < 1.29 is 18.0 Å². The zero-order valence-corrected chi connectivity index (χ0v) is 4.25. The van der Waals surface area contributed by atoms with Crippen LogP contribution in [0.15, 0.2) is 0 Å². The second kappa shape index (κ2) is 2.88. The van der Waals surface area contributed by atoms with Crippen molar-refractivity contribution in [2.75, 3.05) is 6.61 Å². The fraction of sp³-hybridized carbons (Fsp3) is 1.00. The Bertz CT molecular complexity index is 62.0. The van der Waals surface area contributed by atoms with Gasteiger partial charge in [-0.25, -0.2) is 0 Å². The standard InChI is InChI=1S/C3H6F3NO/c1-2-8-7-3(4,5)6/h7H,2H2,1H3. The largest absolute Gasteiger partial charge is 0.480 e. The summed E-state index contributed by atoms with van der Waals surface area (Å²) in [5, 5.41) is 0. The van der Waals surface area contributed by atoms with Gasteiger partial charge in [-0.2, -0.15) is 13.2 Å². The molecule has 0 aliphatic heterocycles. The summed E-state index contributed by atoms with van der Waals surface area (Å²) in [4.78, 5) is 3.82. The van der Waals surface area contributed by atoms with E-state index < -0.39 is 6.30 Å². The fourth-order valence-electron chi connectivity index (χ4n) is 0.154. The Hall–Kier alpha value is -0.290. The predicted octanol–water partition coefficient (Wildman–Crippen LogP) is 1.05. The van der Waals surface area contributed by atoms with Crippen molar-refractivity contribution in [3.05, 3.63) is 0 Å². The second-order valence-electron chi connectivity index (χ2n) is 1.03. The van der Waals surface area contributed by atoms with Gasteiger partial charge in [0.15, 0.2) is 0 Å². The van der Waals surface area contributed by atoms with E-state index in [-0.39, 0.29) is 6.61 Å². The molecule has 0 atom stereocenters. The SMILES string of the molecule is CCONC(F)(F)F. The summed E-state index contributed by atoms with van der Waals surface area (Å²) in [5.41, 5.74) is 0.872. The molecule has 0 saturated carbocycles. The van der Waals surface area contributed by atoms with Crippen molar-refractivity contribution in [3.8, 4) is 0 Å². The molecule has 0 aromatic heterocycles. The van der Waals surface area contributed by atoms with E-state index in [1.807, 2.05) is 0 Å². The van der Waals surface area contributed by atoms with Crippen LogP contribution in [0.3, 0.4) is 0 Å². The first-order valence-electron chi connectivity index (χ1n) is 2.02. The van der Waals surface area contributed by atoms with Crippen LogP contribution in [0.5, 0.6) is 0 Å². The molecule has 0 radical (unpaired) electrons. The minimum Gasteiger partial charge on any atom is -0.294 e. The molecular weight excluding hydrogens is 123 g/mol. The number of rotatable bonds is 2. The Kier molecular flexibility index (Phi) is 2.78. The van der Waals surface area contributed by atoms with Crippen LogP contribution in [0.2, 0.25) is 0 Å². The van der Waals surface area contributed by atoms with Crippen LogP contribution in [-0.4, -0.2) is 12.9 Å². The molecule has 8 heavy (non-hydrogen) atoms. The van der Waals surface area contributed by atoms with Crippen molar-refractivity contribution in [2.45, 2.75) is 13.2 Å². The lowest BCUT2D eigenvalue weighted by atomic mass is 10.9. The van der Waals surface area contributed by atoms with E-state index in [4.69, 9.17) is 0 Å². The molecule has 5 heteroatoms. The average Bonchev–Trinajstić information content (AvgIpc) is 1.59. The van der Waals surface area contributed by atoms with E-state index in [1.165, 1.54) is 6.92 Å². The van der Waals surface area contributed by atoms with Gasteiger partial charge in [0, 0.05) is 0 Å². The maximum atomic E-state index is 11.0. The molecule has 2 nitrogen and oxygen atoms in total. The predicted molar refractivity (Wildman–Crippen MR) is 20.8 cm³/mol. The van der Waals surface area contributed by atoms with E-state index in [0.29, 0.717) is 0 Å². The van der Waals surface area contributed by atoms with Gasteiger partial charge in [0.05, 0.1) is 6.61 Å². The van der Waals surface area contributed by atoms with Crippen LogP contribution in [0.1, 0.15) is 6.92 Å². The number of nitrogens with one attached hydrogen (secondary N) is 1. The van der Waals surface area contributed by atoms with E-state index in [1.54, 1.807) is 0 Å². The van der Waals surface area contributed by atoms with Gasteiger partial charge < -0.3 is 0 Å². The topological polar surface area (TPSA) is 21.3 Å². The highest BCUT2D eigenvalue weighted by Gasteiger charge is 2.26. The summed E-state index contributed by atoms with van der Waals surface area (Å²) in [6.07, 6.45) is -4.42. The van der Waals surface area contributed by atoms with Crippen LogP contribution in [0.25, 0.3) is 0 Å². The average molecular weight is 129 g/mol. The molecule has 0 aliphatic rings. The number of hydroxylamine groups is 1. The fourth-order valence-corrected chi connectivity index (χ4v) is 0.154. The summed E-state index contributed by atoms with van der Waals surface area (Å²) in [6.45, 7) is 1.46. The highest BCUT2D eigenvalue weighted by atomic mass is 19.4. The maximum Gasteiger partial charge on any atom is 0.480 e. The van der Waals surface area contributed by atoms with Gasteiger partial charge in [-0.3, -0.25) is 4.84 Å². The molecule has 0 spiro atoms. The third kappa shape index (κ3) is 5.71. The molecule has 0 aromatic rings. The first kappa shape index (κ1) is 7.71. The number of hydrogen-bond acceptors (Lipinski definition) is 2. The Balaban J connectivity index is 3.11. The molecule has 0 aromatic carbocycles. The summed E-state index contributed by atoms with van der Waals surface area (Å²) in [5.74, 6) is 0. The molecule has 50 valence electrons. The molecule has 0 heterocycles. The number of alkyl halides is 3. The molecule has 0 saturated heterocycles. The normalized spacial score (nSPS) is 12.0. The maximum absolute atomic E-state index is 11.0. The molecular formula is C3H6F3NO. The molecule has 0 unspecified atom stereocenters. The minimum absolute atomic E-state index is 0.000486. The number of hydrogen-bond donors (Lipinski definition) is 1. The van der Waals surface area contributed by atoms with Gasteiger partial charge in [-0.1, -0.05) is 0 Å². The quantitative estimate of drug-likeness (QED) is 0.444. The van der Waals surface area contributed by atoms with Crippen LogP contribution < -0.4 is 5.48 Å². The Morgan fingerprint density at radius 1 is 1.50 bits per heavy atom. The van der Waals surface area contributed by atoms with Gasteiger partial charge in [0.2, 0.25) is 0 Å². The Labute approximate surface area is 44.6 Å². The third-order valence-electron chi connectivity index (χ3n) is 0.332. The van der Waals surface area contributed by atoms with E-state index >= 15 is 0 Å². The monoisotopic (exact) mass is 129 g/mol. The van der Waals surface area contributed by atoms with Gasteiger partial charge in [-0.05, 0) is 6.92 Å². The first-order valence-corrected chi connectivity index (χ1v) is 2.02. The second-order valence-corrected chi connectivity index (χ2v) is 1.03. The third-order valence-corrected chi connectivity index (χ3v) is 0.332. The lowest BCUT2D eigenvalue weighted by Gasteiger charge is -2.05. The molecule has 0 aliphatic carbocycles. The zero-order chi connectivity index (χ0) is 6.62. The van der Waals surface area contributed by atoms with Crippen molar-refractivity contribution in [2.24, 2.45) is 0 Å². The minimum atomic E-state index is -4.42. The highest BCUT2D eigenvalue weighted by molar-refractivity contribution is 4.29. The number of halogens is 3. The summed E-state index contributed by atoms with van der Waals surface area (Å²) in [6, 6.07) is 0. The lowest BCUT2D eigenvalue weighted by molar-refractivity contribution is -0.237. The van der Waals surface area contributed by atoms with Crippen molar-refractivity contribution in [1.82, 2.24) is 5.48 Å². The van der Waals surface area contributed by atoms with E-state index in [2.05, 4.69) is 4.84 Å². The summed E-state index contributed by atoms with van der Waals surface area (Å²) < 4.78 is 33.0. The molecule has 0 fully saturated rings. The Morgan fingerprint density at radius 3 is 2.12 bits per heavy atom. The molecule has 0 amide bonds. The van der Waals surface area contributed by atoms with Gasteiger partial charge in [0.1, 0.15) is 0 Å².